The van der Waals surface area contributed by atoms with E-state index in [0.717, 1.165) is 18.4 Å². The molecule has 0 amide bonds. The number of H-pyrrole nitrogens is 1. The van der Waals surface area contributed by atoms with Crippen molar-refractivity contribution in [2.45, 2.75) is 29.8 Å². The Morgan fingerprint density at radius 3 is 3.14 bits per heavy atom. The van der Waals surface area contributed by atoms with Crippen LogP contribution < -0.4 is 11.4 Å². The average Bonchev–Trinajstić information content (AvgIpc) is 3.28. The molecular formula is C12H14N6O2S. The molecule has 0 atom stereocenters. The van der Waals surface area contributed by atoms with Crippen LogP contribution in [-0.2, 0) is 5.75 Å². The lowest BCUT2D eigenvalue weighted by atomic mass is 10.2. The summed E-state index contributed by atoms with van der Waals surface area (Å²) in [5, 5.41) is 18.8. The van der Waals surface area contributed by atoms with Gasteiger partial charge in [0.2, 0.25) is 0 Å². The number of hydrogen-bond acceptors (Lipinski definition) is 6. The highest BCUT2D eigenvalue weighted by Crippen LogP contribution is 2.36. The third kappa shape index (κ3) is 2.92. The zero-order valence-corrected chi connectivity index (χ0v) is 11.9. The second kappa shape index (κ2) is 5.60. The summed E-state index contributed by atoms with van der Waals surface area (Å²) in [5.74, 6) is 0.585. The Hall–Kier alpha value is -2.29. The first kappa shape index (κ1) is 13.7. The van der Waals surface area contributed by atoms with Crippen LogP contribution in [0.2, 0.25) is 0 Å². The molecule has 1 fully saturated rings. The van der Waals surface area contributed by atoms with Crippen LogP contribution in [0.3, 0.4) is 0 Å². The quantitative estimate of drug-likeness (QED) is 0.245. The Kier molecular flexibility index (Phi) is 3.65. The van der Waals surface area contributed by atoms with E-state index < -0.39 is 0 Å². The maximum atomic E-state index is 11.7. The predicted molar refractivity (Wildman–Crippen MR) is 77.4 cm³/mol. The minimum atomic E-state index is -0.160. The number of thioether (sulfide) groups is 1. The lowest BCUT2D eigenvalue weighted by molar-refractivity contribution is 0.318. The standard InChI is InChI=1S/C12H14N6O2S/c13-10(17-20)9-5-7(3-4-14-9)6-21-12-16-15-11(19)18(12)8-1-2-8/h3-5,8,20H,1-2,6H2,(H2,13,17)(H,15,19). The number of aromatic amines is 1. The first-order chi connectivity index (χ1) is 10.2. The van der Waals surface area contributed by atoms with Crippen LogP contribution in [0.25, 0.3) is 0 Å². The third-order valence-electron chi connectivity index (χ3n) is 3.15. The van der Waals surface area contributed by atoms with Gasteiger partial charge in [-0.2, -0.15) is 0 Å². The Bertz CT molecular complexity index is 733. The van der Waals surface area contributed by atoms with Gasteiger partial charge in [0.05, 0.1) is 0 Å². The number of nitrogens with one attached hydrogen (secondary N) is 1. The van der Waals surface area contributed by atoms with Gasteiger partial charge in [0.15, 0.2) is 11.0 Å². The van der Waals surface area contributed by atoms with Crippen molar-refractivity contribution in [3.05, 3.63) is 40.1 Å². The third-order valence-corrected chi connectivity index (χ3v) is 4.17. The Morgan fingerprint density at radius 2 is 2.43 bits per heavy atom. The molecule has 0 aliphatic heterocycles. The van der Waals surface area contributed by atoms with E-state index in [1.54, 1.807) is 16.8 Å². The number of nitrogens with zero attached hydrogens (tertiary/aromatic N) is 4. The van der Waals surface area contributed by atoms with E-state index >= 15 is 0 Å². The molecule has 0 saturated heterocycles. The molecule has 3 rings (SSSR count). The van der Waals surface area contributed by atoms with Crippen LogP contribution in [0, 0.1) is 0 Å². The predicted octanol–water partition coefficient (Wildman–Crippen LogP) is 0.688. The van der Waals surface area contributed by atoms with E-state index in [4.69, 9.17) is 10.9 Å². The first-order valence-electron chi connectivity index (χ1n) is 6.41. The van der Waals surface area contributed by atoms with Crippen molar-refractivity contribution in [2.75, 3.05) is 0 Å². The topological polar surface area (TPSA) is 122 Å². The fraction of sp³-hybridized carbons (Fsp3) is 0.333. The smallest absolute Gasteiger partial charge is 0.344 e. The van der Waals surface area contributed by atoms with Crippen LogP contribution in [0.15, 0.2) is 33.4 Å². The molecule has 9 heteroatoms. The molecular weight excluding hydrogens is 292 g/mol. The minimum absolute atomic E-state index is 0.0310. The van der Waals surface area contributed by atoms with Crippen molar-refractivity contribution >= 4 is 17.6 Å². The Morgan fingerprint density at radius 1 is 1.62 bits per heavy atom. The maximum absolute atomic E-state index is 11.7. The number of aromatic nitrogens is 4. The van der Waals surface area contributed by atoms with Gasteiger partial charge in [-0.25, -0.2) is 9.89 Å². The average molecular weight is 306 g/mol. The van der Waals surface area contributed by atoms with Gasteiger partial charge in [0.1, 0.15) is 5.69 Å². The van der Waals surface area contributed by atoms with Gasteiger partial charge in [-0.15, -0.1) is 5.10 Å². The molecule has 2 aromatic rings. The highest BCUT2D eigenvalue weighted by Gasteiger charge is 2.28. The normalized spacial score (nSPS) is 15.3. The number of pyridine rings is 1. The molecule has 110 valence electrons. The van der Waals surface area contributed by atoms with Gasteiger partial charge in [-0.3, -0.25) is 9.55 Å². The Balaban J connectivity index is 1.75. The molecule has 2 heterocycles. The van der Waals surface area contributed by atoms with Crippen LogP contribution >= 0.6 is 11.8 Å². The second-order valence-corrected chi connectivity index (χ2v) is 5.68. The summed E-state index contributed by atoms with van der Waals surface area (Å²) in [4.78, 5) is 15.7. The van der Waals surface area contributed by atoms with Gasteiger partial charge in [0.25, 0.3) is 0 Å². The van der Waals surface area contributed by atoms with E-state index in [1.807, 2.05) is 6.07 Å². The van der Waals surface area contributed by atoms with E-state index in [9.17, 15) is 4.79 Å². The zero-order chi connectivity index (χ0) is 14.8. The molecule has 1 aliphatic rings. The second-order valence-electron chi connectivity index (χ2n) is 4.74. The summed E-state index contributed by atoms with van der Waals surface area (Å²) in [6, 6.07) is 3.87. The highest BCUT2D eigenvalue weighted by molar-refractivity contribution is 7.98. The number of hydrogen-bond donors (Lipinski definition) is 3. The van der Waals surface area contributed by atoms with Crippen molar-refractivity contribution in [3.63, 3.8) is 0 Å². The van der Waals surface area contributed by atoms with Crippen molar-refractivity contribution in [2.24, 2.45) is 10.9 Å². The molecule has 4 N–H and O–H groups in total. The summed E-state index contributed by atoms with van der Waals surface area (Å²) in [7, 11) is 0. The molecule has 2 aromatic heterocycles. The van der Waals surface area contributed by atoms with E-state index in [-0.39, 0.29) is 17.6 Å². The van der Waals surface area contributed by atoms with Gasteiger partial charge >= 0.3 is 5.69 Å². The SMILES string of the molecule is NC(=NO)c1cc(CSc2n[nH]c(=O)n2C2CC2)ccn1. The maximum Gasteiger partial charge on any atom is 0.344 e. The fourth-order valence-corrected chi connectivity index (χ4v) is 2.91. The molecule has 0 unspecified atom stereocenters. The van der Waals surface area contributed by atoms with Crippen molar-refractivity contribution < 1.29 is 5.21 Å². The van der Waals surface area contributed by atoms with Gasteiger partial charge in [-0.1, -0.05) is 16.9 Å². The summed E-state index contributed by atoms with van der Waals surface area (Å²) in [6.45, 7) is 0. The van der Waals surface area contributed by atoms with Gasteiger partial charge in [0, 0.05) is 18.0 Å². The monoisotopic (exact) mass is 306 g/mol. The number of oxime groups is 1. The molecule has 21 heavy (non-hydrogen) atoms. The Labute approximate surface area is 124 Å². The fourth-order valence-electron chi connectivity index (χ4n) is 1.95. The molecule has 0 radical (unpaired) electrons. The van der Waals surface area contributed by atoms with E-state index in [0.29, 0.717) is 16.6 Å². The molecule has 0 bridgehead atoms. The van der Waals surface area contributed by atoms with Gasteiger partial charge in [-0.05, 0) is 30.5 Å². The molecule has 1 saturated carbocycles. The van der Waals surface area contributed by atoms with Gasteiger partial charge < -0.3 is 10.9 Å². The number of nitrogens with two attached hydrogens (primary N) is 1. The van der Waals surface area contributed by atoms with Crippen LogP contribution in [-0.4, -0.2) is 30.8 Å². The van der Waals surface area contributed by atoms with Crippen molar-refractivity contribution in [1.82, 2.24) is 19.7 Å². The molecule has 1 aliphatic carbocycles. The molecule has 0 spiro atoms. The summed E-state index contributed by atoms with van der Waals surface area (Å²) >= 11 is 1.47. The largest absolute Gasteiger partial charge is 0.409 e. The van der Waals surface area contributed by atoms with Crippen LogP contribution in [0.5, 0.6) is 0 Å². The molecule has 0 aromatic carbocycles. The first-order valence-corrected chi connectivity index (χ1v) is 7.40. The van der Waals surface area contributed by atoms with E-state index in [1.165, 1.54) is 11.8 Å². The van der Waals surface area contributed by atoms with E-state index in [2.05, 4.69) is 20.3 Å². The lowest BCUT2D eigenvalue weighted by Gasteiger charge is -2.04. The van der Waals surface area contributed by atoms with Crippen LogP contribution in [0.1, 0.15) is 30.1 Å². The summed E-state index contributed by atoms with van der Waals surface area (Å²) in [5.41, 5.74) is 6.72. The highest BCUT2D eigenvalue weighted by atomic mass is 32.2. The van der Waals surface area contributed by atoms with Crippen molar-refractivity contribution in [3.8, 4) is 0 Å². The number of rotatable bonds is 5. The van der Waals surface area contributed by atoms with Crippen LogP contribution in [0.4, 0.5) is 0 Å². The lowest BCUT2D eigenvalue weighted by Crippen LogP contribution is -2.16. The number of amidine groups is 1. The summed E-state index contributed by atoms with van der Waals surface area (Å²) in [6.07, 6.45) is 3.65. The summed E-state index contributed by atoms with van der Waals surface area (Å²) < 4.78 is 1.70. The minimum Gasteiger partial charge on any atom is -0.409 e. The zero-order valence-electron chi connectivity index (χ0n) is 11.1. The van der Waals surface area contributed by atoms with Crippen molar-refractivity contribution in [1.29, 1.82) is 0 Å². The molecule has 8 nitrogen and oxygen atoms in total.